The molecule has 0 saturated carbocycles. The van der Waals surface area contributed by atoms with Gasteiger partial charge in [0.2, 0.25) is 0 Å². The summed E-state index contributed by atoms with van der Waals surface area (Å²) in [6, 6.07) is 56.7. The molecule has 3 aliphatic rings. The Morgan fingerprint density at radius 2 is 1.05 bits per heavy atom. The molecule has 2 nitrogen and oxygen atoms in total. The lowest BCUT2D eigenvalue weighted by molar-refractivity contribution is 0.660. The maximum absolute atomic E-state index is 2.44. The molecule has 2 unspecified atom stereocenters. The fourth-order valence-electron chi connectivity index (χ4n) is 10.0. The van der Waals surface area contributed by atoms with Crippen molar-refractivity contribution in [3.63, 3.8) is 0 Å². The van der Waals surface area contributed by atoms with E-state index in [0.717, 1.165) is 11.4 Å². The van der Waals surface area contributed by atoms with E-state index in [2.05, 4.69) is 231 Å². The highest BCUT2D eigenvalue weighted by atomic mass is 15.1. The summed E-state index contributed by atoms with van der Waals surface area (Å²) >= 11 is 0. The molecule has 0 fully saturated rings. The predicted octanol–water partition coefficient (Wildman–Crippen LogP) is 15.2. The minimum absolute atomic E-state index is 0.199. The number of benzene rings is 7. The highest BCUT2D eigenvalue weighted by Gasteiger charge is 2.36. The van der Waals surface area contributed by atoms with Crippen molar-refractivity contribution < 1.29 is 0 Å². The van der Waals surface area contributed by atoms with Crippen molar-refractivity contribution in [2.24, 2.45) is 11.8 Å². The van der Waals surface area contributed by atoms with E-state index in [9.17, 15) is 0 Å². The molecule has 1 aromatic heterocycles. The van der Waals surface area contributed by atoms with Gasteiger partial charge >= 0.3 is 0 Å². The minimum atomic E-state index is -0.199. The zero-order chi connectivity index (χ0) is 39.8. The van der Waals surface area contributed by atoms with Gasteiger partial charge in [0.05, 0.1) is 11.0 Å². The molecule has 3 aliphatic carbocycles. The second-order valence-electron chi connectivity index (χ2n) is 17.2. The van der Waals surface area contributed by atoms with Crippen LogP contribution in [0, 0.1) is 25.7 Å². The van der Waals surface area contributed by atoms with E-state index < -0.39 is 0 Å². The number of nitrogens with zero attached hydrogens (tertiary/aromatic N) is 2. The summed E-state index contributed by atoms with van der Waals surface area (Å²) in [7, 11) is 0. The smallest absolute Gasteiger partial charge is 0.0541 e. The van der Waals surface area contributed by atoms with Gasteiger partial charge in [0.1, 0.15) is 0 Å². The molecule has 59 heavy (non-hydrogen) atoms. The average Bonchev–Trinajstić information content (AvgIpc) is 3.71. The maximum Gasteiger partial charge on any atom is 0.0541 e. The molecule has 0 aliphatic heterocycles. The molecule has 7 aromatic carbocycles. The van der Waals surface area contributed by atoms with Crippen molar-refractivity contribution in [1.29, 1.82) is 0 Å². The molecular weight excluding hydrogens is 713 g/mol. The number of aromatic nitrogens is 1. The monoisotopic (exact) mass is 758 g/mol. The SMILES string of the molecule is Cc1cc(C)cc(N(c2ccc(-c3ccc(C4=CC5C=CC=CC5C=C4)cc3)cc2)c2ccc3c(c2)C(C)(C)c2cc(-n4c5ccccc5c5ccccc54)ccc2-3)c1. The first kappa shape index (κ1) is 35.3. The van der Waals surface area contributed by atoms with Gasteiger partial charge in [-0.15, -0.1) is 0 Å². The standard InChI is InChI=1S/C57H46N2/c1-37-31-38(2)33-48(32-37)58(45-25-23-41(24-26-45)40-17-19-42(20-18-40)44-22-21-39-11-5-6-12-43(39)34-44)46-27-29-49-50-30-28-47(36-54(50)57(3,4)53(49)35-46)59-55-15-9-7-13-51(55)52-14-8-10-16-56(52)59/h5-36,39,43H,1-4H3. The summed E-state index contributed by atoms with van der Waals surface area (Å²) in [6.07, 6.45) is 15.9. The van der Waals surface area contributed by atoms with Gasteiger partial charge in [0, 0.05) is 50.8 Å². The average molecular weight is 759 g/mol. The first-order chi connectivity index (χ1) is 28.8. The van der Waals surface area contributed by atoms with Crippen LogP contribution in [0.3, 0.4) is 0 Å². The summed E-state index contributed by atoms with van der Waals surface area (Å²) in [5.41, 5.74) is 19.8. The van der Waals surface area contributed by atoms with Crippen molar-refractivity contribution in [2.75, 3.05) is 4.90 Å². The van der Waals surface area contributed by atoms with E-state index >= 15 is 0 Å². The van der Waals surface area contributed by atoms with Gasteiger partial charge in [-0.3, -0.25) is 0 Å². The van der Waals surface area contributed by atoms with Gasteiger partial charge < -0.3 is 9.47 Å². The number of aryl methyl sites for hydroxylation is 2. The largest absolute Gasteiger partial charge is 0.310 e. The predicted molar refractivity (Wildman–Crippen MR) is 250 cm³/mol. The fourth-order valence-corrected chi connectivity index (χ4v) is 10.0. The quantitative estimate of drug-likeness (QED) is 0.164. The van der Waals surface area contributed by atoms with E-state index in [1.807, 2.05) is 0 Å². The molecule has 2 atom stereocenters. The van der Waals surface area contributed by atoms with Gasteiger partial charge in [-0.25, -0.2) is 0 Å². The molecule has 8 aromatic rings. The topological polar surface area (TPSA) is 8.17 Å². The number of fused-ring (bicyclic) bond motifs is 7. The Kier molecular flexibility index (Phi) is 8.13. The zero-order valence-electron chi connectivity index (χ0n) is 34.0. The summed E-state index contributed by atoms with van der Waals surface area (Å²) in [5.74, 6) is 0.903. The molecule has 11 rings (SSSR count). The van der Waals surface area contributed by atoms with E-state index in [-0.39, 0.29) is 5.41 Å². The van der Waals surface area contributed by atoms with Gasteiger partial charge in [-0.2, -0.15) is 0 Å². The molecule has 284 valence electrons. The number of para-hydroxylation sites is 2. The van der Waals surface area contributed by atoms with Crippen LogP contribution >= 0.6 is 0 Å². The number of anilines is 3. The van der Waals surface area contributed by atoms with Crippen molar-refractivity contribution in [1.82, 2.24) is 4.57 Å². The third-order valence-corrected chi connectivity index (χ3v) is 13.0. The molecule has 1 heterocycles. The Labute approximate surface area is 347 Å². The molecule has 0 bridgehead atoms. The molecule has 0 N–H and O–H groups in total. The van der Waals surface area contributed by atoms with Crippen LogP contribution in [0.4, 0.5) is 17.1 Å². The fraction of sp³-hybridized carbons (Fsp3) is 0.123. The lowest BCUT2D eigenvalue weighted by atomic mass is 9.81. The Morgan fingerprint density at radius 1 is 0.492 bits per heavy atom. The van der Waals surface area contributed by atoms with E-state index in [1.54, 1.807) is 0 Å². The number of rotatable bonds is 6. The second-order valence-corrected chi connectivity index (χ2v) is 17.2. The Morgan fingerprint density at radius 3 is 1.73 bits per heavy atom. The van der Waals surface area contributed by atoms with Crippen LogP contribution in [0.1, 0.15) is 41.7 Å². The van der Waals surface area contributed by atoms with Crippen molar-refractivity contribution in [3.05, 3.63) is 222 Å². The summed E-state index contributed by atoms with van der Waals surface area (Å²) in [4.78, 5) is 2.43. The molecular formula is C57H46N2. The Hall–Kier alpha value is -6.90. The third kappa shape index (κ3) is 5.85. The lowest BCUT2D eigenvalue weighted by Crippen LogP contribution is -2.17. The lowest BCUT2D eigenvalue weighted by Gasteiger charge is -2.29. The van der Waals surface area contributed by atoms with Crippen molar-refractivity contribution in [2.45, 2.75) is 33.1 Å². The van der Waals surface area contributed by atoms with E-state index in [1.165, 1.54) is 88.8 Å². The van der Waals surface area contributed by atoms with Gasteiger partial charge in [-0.1, -0.05) is 147 Å². The number of allylic oxidation sites excluding steroid dienone is 8. The van der Waals surface area contributed by atoms with Crippen LogP contribution in [0.2, 0.25) is 0 Å². The maximum atomic E-state index is 2.44. The molecule has 0 saturated heterocycles. The molecule has 2 heteroatoms. The van der Waals surface area contributed by atoms with Crippen LogP contribution in [0.15, 0.2) is 194 Å². The van der Waals surface area contributed by atoms with Crippen LogP contribution < -0.4 is 4.90 Å². The number of hydrogen-bond donors (Lipinski definition) is 0. The van der Waals surface area contributed by atoms with Gasteiger partial charge in [0.15, 0.2) is 0 Å². The van der Waals surface area contributed by atoms with Crippen molar-refractivity contribution in [3.8, 4) is 27.9 Å². The normalized spacial score (nSPS) is 17.2. The first-order valence-corrected chi connectivity index (χ1v) is 20.9. The molecule has 0 amide bonds. The Balaban J connectivity index is 0.946. The first-order valence-electron chi connectivity index (χ1n) is 20.9. The highest BCUT2D eigenvalue weighted by molar-refractivity contribution is 6.09. The van der Waals surface area contributed by atoms with Crippen LogP contribution in [0.5, 0.6) is 0 Å². The van der Waals surface area contributed by atoms with Crippen LogP contribution in [0.25, 0.3) is 55.3 Å². The van der Waals surface area contributed by atoms with E-state index in [4.69, 9.17) is 0 Å². The summed E-state index contributed by atoms with van der Waals surface area (Å²) < 4.78 is 2.43. The second kappa shape index (κ2) is 13.6. The molecule has 0 spiro atoms. The van der Waals surface area contributed by atoms with Crippen LogP contribution in [-0.2, 0) is 5.41 Å². The summed E-state index contributed by atoms with van der Waals surface area (Å²) in [6.45, 7) is 9.17. The van der Waals surface area contributed by atoms with Crippen molar-refractivity contribution >= 4 is 44.4 Å². The van der Waals surface area contributed by atoms with Crippen LogP contribution in [-0.4, -0.2) is 4.57 Å². The number of hydrogen-bond acceptors (Lipinski definition) is 1. The van der Waals surface area contributed by atoms with E-state index in [0.29, 0.717) is 11.8 Å². The summed E-state index contributed by atoms with van der Waals surface area (Å²) in [5, 5.41) is 2.57. The zero-order valence-corrected chi connectivity index (χ0v) is 34.0. The Bertz CT molecular complexity index is 3020. The highest BCUT2D eigenvalue weighted by Crippen LogP contribution is 2.52. The minimum Gasteiger partial charge on any atom is -0.310 e. The van der Waals surface area contributed by atoms with Gasteiger partial charge in [0.25, 0.3) is 0 Å². The van der Waals surface area contributed by atoms with Gasteiger partial charge in [-0.05, 0) is 130 Å². The molecule has 0 radical (unpaired) electrons. The third-order valence-electron chi connectivity index (χ3n) is 13.0.